The van der Waals surface area contributed by atoms with E-state index >= 15 is 0 Å². The molecule has 5 saturated carbocycles. The van der Waals surface area contributed by atoms with Crippen molar-refractivity contribution in [1.82, 2.24) is 10.6 Å². The summed E-state index contributed by atoms with van der Waals surface area (Å²) in [6.45, 7) is 9.97. The summed E-state index contributed by atoms with van der Waals surface area (Å²) >= 11 is 3.45. The average Bonchev–Trinajstić information content (AvgIpc) is 4.04. The van der Waals surface area contributed by atoms with Crippen molar-refractivity contribution < 1.29 is 38.2 Å². The van der Waals surface area contributed by atoms with Crippen molar-refractivity contribution in [3.05, 3.63) is 34.3 Å². The Morgan fingerprint density at radius 2 is 1.20 bits per heavy atom. The number of ether oxygens (including phenoxy) is 2. The van der Waals surface area contributed by atoms with Crippen LogP contribution in [0.4, 0.5) is 0 Å². The van der Waals surface area contributed by atoms with E-state index in [0.29, 0.717) is 19.3 Å². The number of benzene rings is 1. The highest BCUT2D eigenvalue weighted by Crippen LogP contribution is 2.44. The minimum absolute atomic E-state index is 0.00313. The maximum atomic E-state index is 14.3. The molecule has 5 fully saturated rings. The van der Waals surface area contributed by atoms with Crippen LogP contribution in [0.15, 0.2) is 28.7 Å². The molecule has 0 bridgehead atoms. The van der Waals surface area contributed by atoms with Gasteiger partial charge in [0, 0.05) is 59.5 Å². The van der Waals surface area contributed by atoms with Gasteiger partial charge in [-0.2, -0.15) is 0 Å². The van der Waals surface area contributed by atoms with E-state index in [1.54, 1.807) is 0 Å². The molecule has 0 saturated heterocycles. The van der Waals surface area contributed by atoms with Gasteiger partial charge in [0.25, 0.3) is 0 Å². The van der Waals surface area contributed by atoms with Crippen LogP contribution in [0.5, 0.6) is 0 Å². The zero-order valence-electron chi connectivity index (χ0n) is 39.6. The number of amides is 2. The van der Waals surface area contributed by atoms with Crippen LogP contribution in [0.1, 0.15) is 181 Å². The zero-order valence-corrected chi connectivity index (χ0v) is 41.2. The van der Waals surface area contributed by atoms with E-state index in [1.807, 2.05) is 45.0 Å². The first kappa shape index (κ1) is 50.3. The summed E-state index contributed by atoms with van der Waals surface area (Å²) in [5, 5.41) is 6.78. The van der Waals surface area contributed by atoms with Gasteiger partial charge in [-0.15, -0.1) is 0 Å². The van der Waals surface area contributed by atoms with Gasteiger partial charge in [-0.05, 0) is 145 Å². The second-order valence-electron chi connectivity index (χ2n) is 21.4. The second-order valence-corrected chi connectivity index (χ2v) is 22.3. The number of esters is 2. The fourth-order valence-corrected chi connectivity index (χ4v) is 13.1. The van der Waals surface area contributed by atoms with Crippen molar-refractivity contribution in [3.8, 4) is 0 Å². The molecule has 0 aromatic heterocycles. The maximum Gasteiger partial charge on any atom is 0.309 e. The minimum Gasteiger partial charge on any atom is -0.461 e. The summed E-state index contributed by atoms with van der Waals surface area (Å²) in [6, 6.07) is 7.45. The summed E-state index contributed by atoms with van der Waals surface area (Å²) < 4.78 is 12.3. The third kappa shape index (κ3) is 13.5. The van der Waals surface area contributed by atoms with E-state index in [0.717, 1.165) is 126 Å². The van der Waals surface area contributed by atoms with E-state index in [2.05, 4.69) is 40.4 Å². The minimum atomic E-state index is -0.564. The third-order valence-corrected chi connectivity index (χ3v) is 16.6. The van der Waals surface area contributed by atoms with E-state index in [-0.39, 0.29) is 120 Å². The highest BCUT2D eigenvalue weighted by molar-refractivity contribution is 9.10. The molecule has 64 heavy (non-hydrogen) atoms. The van der Waals surface area contributed by atoms with Crippen LogP contribution >= 0.6 is 15.9 Å². The van der Waals surface area contributed by atoms with Gasteiger partial charge in [-0.25, -0.2) is 0 Å². The summed E-state index contributed by atoms with van der Waals surface area (Å²) in [6.07, 6.45) is 17.7. The number of carbonyl (C=O) groups excluding carboxylic acids is 6. The van der Waals surface area contributed by atoms with Gasteiger partial charge in [-0.1, -0.05) is 86.9 Å². The smallest absolute Gasteiger partial charge is 0.309 e. The monoisotopic (exact) mass is 951 g/mol. The molecule has 0 radical (unpaired) electrons. The molecular formula is C53H79BrN2O8. The number of hydrogen-bond acceptors (Lipinski definition) is 8. The molecule has 1 aromatic carbocycles. The molecular weight excluding hydrogens is 872 g/mol. The number of rotatable bonds is 19. The average molecular weight is 952 g/mol. The Hall–Kier alpha value is -3.08. The van der Waals surface area contributed by atoms with Crippen molar-refractivity contribution in [2.24, 2.45) is 59.2 Å². The number of nitrogens with one attached hydrogen (secondary N) is 2. The predicted molar refractivity (Wildman–Crippen MR) is 251 cm³/mol. The second kappa shape index (κ2) is 23.6. The van der Waals surface area contributed by atoms with Gasteiger partial charge < -0.3 is 20.1 Å². The summed E-state index contributed by atoms with van der Waals surface area (Å²) in [5.41, 5.74) is 0.372. The first-order valence-electron chi connectivity index (χ1n) is 25.4. The van der Waals surface area contributed by atoms with Crippen molar-refractivity contribution in [1.29, 1.82) is 0 Å². The summed E-state index contributed by atoms with van der Waals surface area (Å²) in [4.78, 5) is 82.7. The normalized spacial score (nSPS) is 30.5. The quantitative estimate of drug-likeness (QED) is 0.130. The summed E-state index contributed by atoms with van der Waals surface area (Å²) in [7, 11) is 0. The van der Waals surface area contributed by atoms with Crippen LogP contribution in [0.3, 0.4) is 0 Å². The topological polar surface area (TPSA) is 145 Å². The highest BCUT2D eigenvalue weighted by Gasteiger charge is 2.44. The Morgan fingerprint density at radius 3 is 1.89 bits per heavy atom. The van der Waals surface area contributed by atoms with Crippen molar-refractivity contribution in [2.75, 3.05) is 0 Å². The Balaban J connectivity index is 1.02. The van der Waals surface area contributed by atoms with E-state index in [1.165, 1.54) is 0 Å². The Kier molecular flexibility index (Phi) is 18.5. The third-order valence-electron chi connectivity index (χ3n) is 16.1. The molecule has 5 aliphatic carbocycles. The molecule has 0 aliphatic heterocycles. The molecule has 1 aromatic rings. The molecule has 356 valence electrons. The predicted octanol–water partition coefficient (Wildman–Crippen LogP) is 10.8. The lowest BCUT2D eigenvalue weighted by Gasteiger charge is -2.38. The standard InChI is InChI=1S/C53H79BrN2O8/c1-6-38(47(57)30-35-16-13-21-42(35)52(62)63-32-33-25-27-37(54)28-26-33)40-18-9-8-15-34(40)29-48(58)44-22-14-24-46(44)56-50(60)39(7-2)43-19-10-11-23-45(43)55-51(61)41-20-12-17-36(41)31-49(59)64-53(3,4)5/h25-28,34-36,38-46H,6-24,29-32H2,1-5H3,(H,55,61)(H,56,60)/t34-,35-,36-,38+,39+,40-,41+,42+,43+,44+,45+,46+/m1/s1. The largest absolute Gasteiger partial charge is 0.461 e. The van der Waals surface area contributed by atoms with E-state index in [9.17, 15) is 28.8 Å². The fraction of sp³-hybridized carbons (Fsp3) is 0.774. The number of carbonyl (C=O) groups is 6. The van der Waals surface area contributed by atoms with Gasteiger partial charge >= 0.3 is 11.9 Å². The zero-order chi connectivity index (χ0) is 46.0. The maximum absolute atomic E-state index is 14.3. The first-order chi connectivity index (χ1) is 30.6. The van der Waals surface area contributed by atoms with Crippen molar-refractivity contribution in [2.45, 2.75) is 200 Å². The van der Waals surface area contributed by atoms with Gasteiger partial charge in [0.15, 0.2) is 0 Å². The van der Waals surface area contributed by atoms with Crippen LogP contribution in [-0.2, 0) is 44.8 Å². The van der Waals surface area contributed by atoms with Gasteiger partial charge in [-0.3, -0.25) is 28.8 Å². The number of Topliss-reactive ketones (excluding diaryl/α,β-unsaturated/α-hetero) is 2. The highest BCUT2D eigenvalue weighted by atomic mass is 79.9. The molecule has 10 nitrogen and oxygen atoms in total. The van der Waals surface area contributed by atoms with Crippen LogP contribution < -0.4 is 10.6 Å². The van der Waals surface area contributed by atoms with Gasteiger partial charge in [0.05, 0.1) is 5.92 Å². The number of hydrogen-bond donors (Lipinski definition) is 2. The first-order valence-corrected chi connectivity index (χ1v) is 26.2. The van der Waals surface area contributed by atoms with Gasteiger partial charge in [0.2, 0.25) is 11.8 Å². The summed E-state index contributed by atoms with van der Waals surface area (Å²) in [5.74, 6) is -0.849. The Bertz CT molecular complexity index is 1760. The molecule has 0 heterocycles. The number of ketones is 2. The van der Waals surface area contributed by atoms with Crippen LogP contribution in [0.25, 0.3) is 0 Å². The molecule has 6 rings (SSSR count). The molecule has 2 amide bonds. The fourth-order valence-electron chi connectivity index (χ4n) is 12.9. The van der Waals surface area contributed by atoms with Crippen molar-refractivity contribution in [3.63, 3.8) is 0 Å². The lowest BCUT2D eigenvalue weighted by molar-refractivity contribution is -0.156. The molecule has 11 heteroatoms. The van der Waals surface area contributed by atoms with Crippen LogP contribution in [0.2, 0.25) is 0 Å². The molecule has 5 aliphatic rings. The molecule has 12 atom stereocenters. The lowest BCUT2D eigenvalue weighted by atomic mass is 9.67. The Morgan fingerprint density at radius 1 is 0.625 bits per heavy atom. The Labute approximate surface area is 392 Å². The van der Waals surface area contributed by atoms with Crippen LogP contribution in [-0.4, -0.2) is 53.0 Å². The molecule has 2 N–H and O–H groups in total. The lowest BCUT2D eigenvalue weighted by Crippen LogP contribution is -2.51. The number of halogens is 1. The van der Waals surface area contributed by atoms with E-state index in [4.69, 9.17) is 9.47 Å². The SMILES string of the molecule is CC[C@H](C(=O)C[C@H]1CCC[C@@H]1C(=O)OCc1ccc(Br)cc1)[C@@H]1CCCC[C@@H]1CC(=O)[C@H]1CCC[C@@H]1NC(=O)[C@@H](CC)[C@@H]1CCCC[C@@H]1NC(=O)[C@H]1CCC[C@@H]1CC(=O)OC(C)(C)C. The molecule has 0 spiro atoms. The molecule has 0 unspecified atom stereocenters. The van der Waals surface area contributed by atoms with E-state index < -0.39 is 5.60 Å². The van der Waals surface area contributed by atoms with Gasteiger partial charge in [0.1, 0.15) is 23.8 Å². The van der Waals surface area contributed by atoms with Crippen LogP contribution in [0, 0.1) is 59.2 Å². The van der Waals surface area contributed by atoms with Crippen molar-refractivity contribution >= 4 is 51.2 Å².